The number of aliphatic hydroxyl groups excluding tert-OH is 1. The molecule has 4 aliphatic heterocycles. The van der Waals surface area contributed by atoms with Gasteiger partial charge in [-0.15, -0.1) is 0 Å². The van der Waals surface area contributed by atoms with E-state index in [9.17, 15) is 0 Å². The first-order valence-electron chi connectivity index (χ1n) is 16.1. The molecule has 11 nitrogen and oxygen atoms in total. The van der Waals surface area contributed by atoms with Crippen LogP contribution < -0.4 is 5.32 Å². The summed E-state index contributed by atoms with van der Waals surface area (Å²) < 4.78 is 79.9. The number of nitrogens with one attached hydrogen (secondary N) is 1. The molecule has 12 atom stereocenters. The van der Waals surface area contributed by atoms with E-state index < -0.39 is 70.4 Å². The standard InChI is InChI=1S/C25H46BNO10PSSi/c1-5-27-12-19-22(23-24(33-19)35-25(34-23)8-6-7-9-25)37-38(39,29-13-20-17(28)10-15(2)31-20)36-18-11-16(3)32-21(18)14-30-40(4)26/h15-24,26-28,40H,5-14H2,1-4H3/t15?,16?,17?,18?,19-,20?,21?,22+,23-,24-,38?,40?/m1/s1/i26T,28T,40D. The third-order valence-electron chi connectivity index (χ3n) is 8.07. The first-order valence-corrected chi connectivity index (χ1v) is 19.1. The van der Waals surface area contributed by atoms with Gasteiger partial charge in [0.25, 0.3) is 0 Å². The van der Waals surface area contributed by atoms with Crippen LogP contribution in [0.3, 0.4) is 0 Å². The van der Waals surface area contributed by atoms with Crippen LogP contribution in [-0.4, -0.2) is 119 Å². The summed E-state index contributed by atoms with van der Waals surface area (Å²) in [5.74, 6) is -0.671. The average molecular weight is 628 g/mol. The molecular formula is C25H46BNO10PSSi. The van der Waals surface area contributed by atoms with Gasteiger partial charge in [0, 0.05) is 33.5 Å². The molecule has 1 radical (unpaired) electrons. The molecule has 1 spiro atoms. The van der Waals surface area contributed by atoms with Gasteiger partial charge in [-0.2, -0.15) is 0 Å². The van der Waals surface area contributed by atoms with Crippen molar-refractivity contribution in [2.24, 2.45) is 0 Å². The lowest BCUT2D eigenvalue weighted by atomic mass is 10.1. The summed E-state index contributed by atoms with van der Waals surface area (Å²) in [7, 11) is -1.95. The largest absolute Gasteiger partial charge is 0.427 e. The number of aliphatic hydroxyl groups is 1. The van der Waals surface area contributed by atoms with E-state index >= 15 is 0 Å². The van der Waals surface area contributed by atoms with Gasteiger partial charge in [0.15, 0.2) is 12.1 Å². The smallest absolute Gasteiger partial charge is 0.328 e. The summed E-state index contributed by atoms with van der Waals surface area (Å²) in [5, 5.41) is 8.24. The molecule has 15 heteroatoms. The Morgan fingerprint density at radius 2 is 1.93 bits per heavy atom. The zero-order valence-electron chi connectivity index (χ0n) is 26.9. The van der Waals surface area contributed by atoms with E-state index in [0.29, 0.717) is 19.4 Å². The summed E-state index contributed by atoms with van der Waals surface area (Å²) in [5.41, 5.74) is 0. The van der Waals surface area contributed by atoms with Crippen LogP contribution in [0.5, 0.6) is 0 Å². The highest BCUT2D eigenvalue weighted by atomic mass is 32.5. The van der Waals surface area contributed by atoms with Crippen LogP contribution in [0.1, 0.15) is 59.3 Å². The molecule has 1 aliphatic carbocycles. The molecule has 229 valence electrons. The van der Waals surface area contributed by atoms with Crippen molar-refractivity contribution < 1.29 is 46.8 Å². The van der Waals surface area contributed by atoms with Crippen LogP contribution in [0.4, 0.5) is 0 Å². The van der Waals surface area contributed by atoms with E-state index in [1.165, 1.54) is 0 Å². The number of hydrogen-bond donors (Lipinski definition) is 2. The summed E-state index contributed by atoms with van der Waals surface area (Å²) in [4.78, 5) is 0. The van der Waals surface area contributed by atoms with Crippen molar-refractivity contribution >= 4 is 34.8 Å². The van der Waals surface area contributed by atoms with E-state index in [1.54, 1.807) is 6.55 Å². The third kappa shape index (κ3) is 7.58. The predicted molar refractivity (Wildman–Crippen MR) is 154 cm³/mol. The third-order valence-corrected chi connectivity index (χ3v) is 11.0. The Morgan fingerprint density at radius 1 is 1.15 bits per heavy atom. The molecule has 0 aromatic carbocycles. The second kappa shape index (κ2) is 13.6. The molecule has 0 amide bonds. The van der Waals surface area contributed by atoms with Crippen molar-refractivity contribution in [3.8, 4) is 0 Å². The maximum atomic E-state index is 8.24. The van der Waals surface area contributed by atoms with Crippen molar-refractivity contribution in [1.29, 1.82) is 4.00 Å². The summed E-state index contributed by atoms with van der Waals surface area (Å²) >= 11 is 6.11. The average Bonchev–Trinajstić information content (AvgIpc) is 3.78. The summed E-state index contributed by atoms with van der Waals surface area (Å²) in [6, 6.07) is 0. The zero-order chi connectivity index (χ0) is 30.8. The topological polar surface area (TPSA) is 115 Å². The van der Waals surface area contributed by atoms with Gasteiger partial charge < -0.3 is 47.6 Å². The lowest BCUT2D eigenvalue weighted by Crippen LogP contribution is -2.42. The normalized spacial score (nSPS) is 44.6. The van der Waals surface area contributed by atoms with Crippen molar-refractivity contribution in [3.63, 3.8) is 0 Å². The SMILES string of the molecule is [2H][Si](C)([B][3H])OCC1OC(C)CC1OP(=S)(OCC1OC(C)CC1O[3H])O[C@@H]1[C@H]2OC3(CCCC3)O[C@H]2O[C@@H]1CNCC. The quantitative estimate of drug-likeness (QED) is 0.203. The van der Waals surface area contributed by atoms with Crippen LogP contribution in [0.15, 0.2) is 0 Å². The minimum Gasteiger partial charge on any atom is -0.427 e. The van der Waals surface area contributed by atoms with E-state index in [-0.39, 0.29) is 25.4 Å². The Morgan fingerprint density at radius 3 is 2.67 bits per heavy atom. The number of hydrogen-bond acceptors (Lipinski definition) is 12. The number of fused-ring (bicyclic) bond motifs is 1. The molecule has 4 heterocycles. The first-order chi connectivity index (χ1) is 20.5. The Balaban J connectivity index is 1.36. The zero-order valence-corrected chi connectivity index (χ0v) is 26.6. The molecule has 5 fully saturated rings. The fourth-order valence-electron chi connectivity index (χ4n) is 6.15. The van der Waals surface area contributed by atoms with Crippen LogP contribution in [-0.2, 0) is 53.5 Å². The van der Waals surface area contributed by atoms with Gasteiger partial charge in [-0.1, -0.05) is 13.5 Å². The van der Waals surface area contributed by atoms with Gasteiger partial charge in [0.05, 0.1) is 37.6 Å². The van der Waals surface area contributed by atoms with E-state index in [2.05, 4.69) is 5.32 Å². The van der Waals surface area contributed by atoms with Crippen LogP contribution in [0.2, 0.25) is 6.55 Å². The van der Waals surface area contributed by atoms with Crippen LogP contribution >= 0.6 is 6.72 Å². The summed E-state index contributed by atoms with van der Waals surface area (Å²) in [6.45, 7) is 5.30. The Hall–Kier alpha value is 0.492. The monoisotopic (exact) mass is 627 g/mol. The van der Waals surface area contributed by atoms with Crippen molar-refractivity contribution in [3.05, 3.63) is 0 Å². The minimum atomic E-state index is -3.55. The van der Waals surface area contributed by atoms with E-state index in [0.717, 1.165) is 39.6 Å². The molecule has 0 aromatic heterocycles. The second-order valence-electron chi connectivity index (χ2n) is 11.5. The highest BCUT2D eigenvalue weighted by Crippen LogP contribution is 2.57. The van der Waals surface area contributed by atoms with Crippen molar-refractivity contribution in [2.45, 2.75) is 133 Å². The lowest BCUT2D eigenvalue weighted by molar-refractivity contribution is -0.228. The minimum absolute atomic E-state index is 0.0157. The Labute approximate surface area is 249 Å². The van der Waals surface area contributed by atoms with Gasteiger partial charge in [-0.3, -0.25) is 4.52 Å². The fraction of sp³-hybridized carbons (Fsp3) is 1.00. The van der Waals surface area contributed by atoms with Gasteiger partial charge in [-0.25, -0.2) is 0 Å². The molecule has 0 aromatic rings. The maximum Gasteiger partial charge on any atom is 0.328 e. The van der Waals surface area contributed by atoms with E-state index in [4.69, 9.17) is 62.6 Å². The van der Waals surface area contributed by atoms with Gasteiger partial charge >= 0.3 is 6.72 Å². The highest BCUT2D eigenvalue weighted by molar-refractivity contribution is 8.07. The fourth-order valence-corrected chi connectivity index (χ4v) is 9.00. The van der Waals surface area contributed by atoms with Crippen LogP contribution in [0.25, 0.3) is 0 Å². The van der Waals surface area contributed by atoms with Gasteiger partial charge in [0.1, 0.15) is 46.8 Å². The van der Waals surface area contributed by atoms with Crippen molar-refractivity contribution in [1.82, 2.24) is 5.32 Å². The molecule has 0 bridgehead atoms. The molecule has 1 saturated carbocycles. The summed E-state index contributed by atoms with van der Waals surface area (Å²) in [6.07, 6.45) is 0.316. The number of rotatable bonds is 15. The maximum absolute atomic E-state index is 8.24. The Kier molecular flexibility index (Phi) is 9.55. The van der Waals surface area contributed by atoms with Crippen molar-refractivity contribution in [2.75, 3.05) is 26.3 Å². The predicted octanol–water partition coefficient (Wildman–Crippen LogP) is 1.50. The van der Waals surface area contributed by atoms with Gasteiger partial charge in [0.2, 0.25) is 1.43 Å². The van der Waals surface area contributed by atoms with Gasteiger partial charge in [-0.05, 0) is 46.4 Å². The Bertz CT molecular complexity index is 980. The second-order valence-corrected chi connectivity index (χ2v) is 16.0. The first kappa shape index (κ1) is 28.0. The van der Waals surface area contributed by atoms with E-state index in [1.807, 2.05) is 20.8 Å². The number of likely N-dealkylation sites (N-methyl/N-ethyl adjacent to an activating group) is 1. The number of ether oxygens (including phenoxy) is 5. The molecule has 8 unspecified atom stereocenters. The molecule has 2 N–H and O–H groups in total. The highest BCUT2D eigenvalue weighted by Gasteiger charge is 2.60. The molecule has 40 heavy (non-hydrogen) atoms. The molecule has 5 rings (SSSR count). The lowest BCUT2D eigenvalue weighted by Gasteiger charge is -2.33. The molecule has 5 aliphatic rings. The molecular weight excluding hydrogens is 576 g/mol. The van der Waals surface area contributed by atoms with Crippen LogP contribution in [0, 0.1) is 0 Å². The molecule has 4 saturated heterocycles.